The average Bonchev–Trinajstić information content (AvgIpc) is 1.85. The van der Waals surface area contributed by atoms with E-state index in [4.69, 9.17) is 0 Å². The Labute approximate surface area is 62.3 Å². The minimum Gasteiger partial charge on any atom is -0.355 e. The molecule has 0 radical (unpaired) electrons. The second kappa shape index (κ2) is 4.09. The van der Waals surface area contributed by atoms with Crippen LogP contribution in [0.2, 0.25) is 0 Å². The molecule has 0 aromatic carbocycles. The Morgan fingerprint density at radius 3 is 2.30 bits per heavy atom. The normalized spacial score (nSPS) is 11.9. The first-order chi connectivity index (χ1) is 4.57. The number of allylic oxidation sites excluding steroid dienone is 1. The lowest BCUT2D eigenvalue weighted by atomic mass is 10.1. The number of rotatable bonds is 2. The highest BCUT2D eigenvalue weighted by molar-refractivity contribution is 5.92. The van der Waals surface area contributed by atoms with E-state index in [1.807, 2.05) is 26.8 Å². The van der Waals surface area contributed by atoms with Gasteiger partial charge in [0.05, 0.1) is 0 Å². The third kappa shape index (κ3) is 3.28. The Kier molecular flexibility index (Phi) is 3.77. The van der Waals surface area contributed by atoms with Gasteiger partial charge in [0.1, 0.15) is 0 Å². The molecule has 2 heteroatoms. The zero-order valence-electron chi connectivity index (χ0n) is 7.06. The zero-order valence-corrected chi connectivity index (χ0v) is 7.06. The van der Waals surface area contributed by atoms with Crippen LogP contribution in [0.15, 0.2) is 11.6 Å². The van der Waals surface area contributed by atoms with Gasteiger partial charge in [0, 0.05) is 12.6 Å². The predicted molar refractivity (Wildman–Crippen MR) is 42.7 cm³/mol. The summed E-state index contributed by atoms with van der Waals surface area (Å²) >= 11 is 0. The Morgan fingerprint density at radius 2 is 2.00 bits per heavy atom. The largest absolute Gasteiger partial charge is 0.355 e. The van der Waals surface area contributed by atoms with Gasteiger partial charge in [-0.05, 0) is 12.8 Å². The summed E-state index contributed by atoms with van der Waals surface area (Å²) in [4.78, 5) is 10.9. The summed E-state index contributed by atoms with van der Waals surface area (Å²) in [6.45, 7) is 5.91. The van der Waals surface area contributed by atoms with Crippen LogP contribution < -0.4 is 5.32 Å². The van der Waals surface area contributed by atoms with Gasteiger partial charge in [-0.15, -0.1) is 0 Å². The first kappa shape index (κ1) is 9.21. The maximum atomic E-state index is 10.9. The standard InChI is InChI=1S/C8H15NO/c1-6(2)5-7(3)8(10)9-4/h5-6H,1-4H3,(H,9,10)/b7-5+. The van der Waals surface area contributed by atoms with E-state index in [1.54, 1.807) is 7.05 Å². The number of amides is 1. The van der Waals surface area contributed by atoms with Crippen molar-refractivity contribution in [3.63, 3.8) is 0 Å². The third-order valence-electron chi connectivity index (χ3n) is 1.17. The van der Waals surface area contributed by atoms with Crippen molar-refractivity contribution < 1.29 is 4.79 Å². The Hall–Kier alpha value is -0.790. The van der Waals surface area contributed by atoms with E-state index >= 15 is 0 Å². The maximum absolute atomic E-state index is 10.9. The Morgan fingerprint density at radius 1 is 1.50 bits per heavy atom. The van der Waals surface area contributed by atoms with Crippen molar-refractivity contribution >= 4 is 5.91 Å². The number of hydrogen-bond donors (Lipinski definition) is 1. The lowest BCUT2D eigenvalue weighted by Gasteiger charge is -2.00. The van der Waals surface area contributed by atoms with Crippen molar-refractivity contribution in [1.29, 1.82) is 0 Å². The first-order valence-electron chi connectivity index (χ1n) is 3.48. The molecule has 1 N–H and O–H groups in total. The van der Waals surface area contributed by atoms with Crippen molar-refractivity contribution in [3.05, 3.63) is 11.6 Å². The predicted octanol–water partition coefficient (Wildman–Crippen LogP) is 1.33. The quantitative estimate of drug-likeness (QED) is 0.577. The molecule has 10 heavy (non-hydrogen) atoms. The van der Waals surface area contributed by atoms with E-state index in [0.717, 1.165) is 5.57 Å². The average molecular weight is 141 g/mol. The van der Waals surface area contributed by atoms with Crippen molar-refractivity contribution in [2.45, 2.75) is 20.8 Å². The molecule has 0 fully saturated rings. The minimum absolute atomic E-state index is 0.00806. The van der Waals surface area contributed by atoms with Crippen LogP contribution in [0.3, 0.4) is 0 Å². The molecular weight excluding hydrogens is 126 g/mol. The molecule has 0 atom stereocenters. The molecule has 0 saturated heterocycles. The Balaban J connectivity index is 4.05. The fourth-order valence-electron chi connectivity index (χ4n) is 0.773. The van der Waals surface area contributed by atoms with E-state index < -0.39 is 0 Å². The molecule has 2 nitrogen and oxygen atoms in total. The fraction of sp³-hybridized carbons (Fsp3) is 0.625. The molecule has 1 amide bonds. The lowest BCUT2D eigenvalue weighted by molar-refractivity contribution is -0.117. The van der Waals surface area contributed by atoms with E-state index in [2.05, 4.69) is 5.32 Å². The van der Waals surface area contributed by atoms with Crippen LogP contribution in [0.1, 0.15) is 20.8 Å². The van der Waals surface area contributed by atoms with Gasteiger partial charge >= 0.3 is 0 Å². The van der Waals surface area contributed by atoms with Crippen molar-refractivity contribution in [2.24, 2.45) is 5.92 Å². The highest BCUT2D eigenvalue weighted by atomic mass is 16.1. The lowest BCUT2D eigenvalue weighted by Crippen LogP contribution is -2.18. The maximum Gasteiger partial charge on any atom is 0.246 e. The molecule has 0 aliphatic heterocycles. The second-order valence-corrected chi connectivity index (χ2v) is 2.67. The first-order valence-corrected chi connectivity index (χ1v) is 3.48. The van der Waals surface area contributed by atoms with Gasteiger partial charge in [-0.3, -0.25) is 4.79 Å². The molecule has 0 aromatic rings. The summed E-state index contributed by atoms with van der Waals surface area (Å²) in [7, 11) is 1.64. The molecular formula is C8H15NO. The molecule has 0 spiro atoms. The highest BCUT2D eigenvalue weighted by Gasteiger charge is 1.99. The van der Waals surface area contributed by atoms with E-state index in [0.29, 0.717) is 5.92 Å². The highest BCUT2D eigenvalue weighted by Crippen LogP contribution is 2.00. The van der Waals surface area contributed by atoms with E-state index in [1.165, 1.54) is 0 Å². The number of carbonyl (C=O) groups excluding carboxylic acids is 1. The molecule has 0 heterocycles. The molecule has 0 aromatic heterocycles. The molecule has 0 unspecified atom stereocenters. The van der Waals surface area contributed by atoms with Gasteiger partial charge in [0.2, 0.25) is 5.91 Å². The van der Waals surface area contributed by atoms with Crippen molar-refractivity contribution in [1.82, 2.24) is 5.32 Å². The van der Waals surface area contributed by atoms with Crippen LogP contribution >= 0.6 is 0 Å². The van der Waals surface area contributed by atoms with Gasteiger partial charge in [-0.1, -0.05) is 19.9 Å². The van der Waals surface area contributed by atoms with Crippen LogP contribution in [-0.4, -0.2) is 13.0 Å². The monoisotopic (exact) mass is 141 g/mol. The number of nitrogens with one attached hydrogen (secondary N) is 1. The smallest absolute Gasteiger partial charge is 0.246 e. The number of hydrogen-bond acceptors (Lipinski definition) is 1. The minimum atomic E-state index is 0.00806. The summed E-state index contributed by atoms with van der Waals surface area (Å²) in [5.74, 6) is 0.450. The van der Waals surface area contributed by atoms with E-state index in [9.17, 15) is 4.79 Å². The SMILES string of the molecule is CNC(=O)/C(C)=C/C(C)C. The van der Waals surface area contributed by atoms with Crippen LogP contribution in [0.25, 0.3) is 0 Å². The van der Waals surface area contributed by atoms with E-state index in [-0.39, 0.29) is 5.91 Å². The summed E-state index contributed by atoms with van der Waals surface area (Å²) in [6, 6.07) is 0. The summed E-state index contributed by atoms with van der Waals surface area (Å²) in [5.41, 5.74) is 0.789. The van der Waals surface area contributed by atoms with Crippen molar-refractivity contribution in [2.75, 3.05) is 7.05 Å². The second-order valence-electron chi connectivity index (χ2n) is 2.67. The topological polar surface area (TPSA) is 29.1 Å². The molecule has 0 rings (SSSR count). The molecule has 0 saturated carbocycles. The van der Waals surface area contributed by atoms with Gasteiger partial charge in [-0.25, -0.2) is 0 Å². The number of likely N-dealkylation sites (N-methyl/N-ethyl adjacent to an activating group) is 1. The molecule has 0 bridgehead atoms. The molecule has 0 aliphatic rings. The fourth-order valence-corrected chi connectivity index (χ4v) is 0.773. The molecule has 58 valence electrons. The molecule has 0 aliphatic carbocycles. The van der Waals surface area contributed by atoms with Gasteiger partial charge in [-0.2, -0.15) is 0 Å². The van der Waals surface area contributed by atoms with Crippen LogP contribution in [0.5, 0.6) is 0 Å². The Bertz CT molecular complexity index is 147. The van der Waals surface area contributed by atoms with Crippen LogP contribution in [-0.2, 0) is 4.79 Å². The third-order valence-corrected chi connectivity index (χ3v) is 1.17. The van der Waals surface area contributed by atoms with Crippen LogP contribution in [0.4, 0.5) is 0 Å². The van der Waals surface area contributed by atoms with Gasteiger partial charge < -0.3 is 5.32 Å². The van der Waals surface area contributed by atoms with Crippen molar-refractivity contribution in [3.8, 4) is 0 Å². The zero-order chi connectivity index (χ0) is 8.15. The van der Waals surface area contributed by atoms with Crippen LogP contribution in [0, 0.1) is 5.92 Å². The summed E-state index contributed by atoms with van der Waals surface area (Å²) < 4.78 is 0. The summed E-state index contributed by atoms with van der Waals surface area (Å²) in [5, 5.41) is 2.56. The van der Waals surface area contributed by atoms with Gasteiger partial charge in [0.25, 0.3) is 0 Å². The van der Waals surface area contributed by atoms with Gasteiger partial charge in [0.15, 0.2) is 0 Å². The number of carbonyl (C=O) groups is 1. The summed E-state index contributed by atoms with van der Waals surface area (Å²) in [6.07, 6.45) is 1.94.